The molecule has 0 aliphatic heterocycles. The Balaban J connectivity index is 2.03. The molecule has 1 aliphatic carbocycles. The van der Waals surface area contributed by atoms with Crippen molar-refractivity contribution < 1.29 is 13.9 Å². The number of likely N-dealkylation sites (N-methyl/N-ethyl adjacent to an activating group) is 1. The third-order valence-corrected chi connectivity index (χ3v) is 3.90. The molecule has 0 aromatic heterocycles. The van der Waals surface area contributed by atoms with E-state index in [1.54, 1.807) is 30.1 Å². The monoisotopic (exact) mass is 269 g/mol. The molecule has 106 valence electrons. The number of aliphatic hydroxyl groups excluding tert-OH is 1. The summed E-state index contributed by atoms with van der Waals surface area (Å²) >= 11 is 0. The predicted octanol–water partition coefficient (Wildman–Crippen LogP) is 3.01. The molecule has 0 bridgehead atoms. The first kappa shape index (κ1) is 14.4. The Morgan fingerprint density at radius 1 is 1.21 bits per heavy atom. The van der Waals surface area contributed by atoms with E-state index in [0.717, 1.165) is 19.3 Å². The molecule has 1 fully saturated rings. The van der Waals surface area contributed by atoms with Gasteiger partial charge in [-0.05, 0) is 19.9 Å². The highest BCUT2D eigenvalue weighted by Gasteiger charge is 2.36. The Bertz CT molecular complexity index is 396. The van der Waals surface area contributed by atoms with Crippen molar-refractivity contribution in [2.75, 3.05) is 13.6 Å². The van der Waals surface area contributed by atoms with E-state index in [-0.39, 0.29) is 18.2 Å². The lowest BCUT2D eigenvalue weighted by Crippen LogP contribution is -2.47. The van der Waals surface area contributed by atoms with Gasteiger partial charge in [-0.25, -0.2) is 0 Å². The average Bonchev–Trinajstić information content (AvgIpc) is 2.39. The number of benzene rings is 1. The van der Waals surface area contributed by atoms with Gasteiger partial charge in [0.15, 0.2) is 0 Å². The van der Waals surface area contributed by atoms with E-state index in [1.807, 2.05) is 0 Å². The van der Waals surface area contributed by atoms with Crippen molar-refractivity contribution in [2.24, 2.45) is 0 Å². The number of hydrogen-bond donors (Lipinski definition) is 1. The van der Waals surface area contributed by atoms with Crippen LogP contribution < -0.4 is 0 Å². The lowest BCUT2D eigenvalue weighted by molar-refractivity contribution is -0.0623. The van der Waals surface area contributed by atoms with Crippen molar-refractivity contribution in [1.29, 1.82) is 0 Å². The summed E-state index contributed by atoms with van der Waals surface area (Å²) in [6, 6.07) is 7.73. The van der Waals surface area contributed by atoms with Crippen LogP contribution in [0, 0.1) is 0 Å². The van der Waals surface area contributed by atoms with E-state index in [4.69, 9.17) is 0 Å². The lowest BCUT2D eigenvalue weighted by atomic mass is 9.91. The predicted molar refractivity (Wildman–Crippen MR) is 71.2 cm³/mol. The minimum absolute atomic E-state index is 0.0344. The molecule has 0 radical (unpaired) electrons. The molecular formula is C15H21F2NO. The van der Waals surface area contributed by atoms with Crippen LogP contribution >= 0.6 is 0 Å². The van der Waals surface area contributed by atoms with Gasteiger partial charge in [0.2, 0.25) is 0 Å². The molecule has 0 saturated heterocycles. The van der Waals surface area contributed by atoms with Crippen LogP contribution in [0.5, 0.6) is 0 Å². The van der Waals surface area contributed by atoms with Gasteiger partial charge in [0.1, 0.15) is 0 Å². The summed E-state index contributed by atoms with van der Waals surface area (Å²) < 4.78 is 28.3. The number of nitrogens with zero attached hydrogens (tertiary/aromatic N) is 1. The van der Waals surface area contributed by atoms with E-state index in [1.165, 1.54) is 12.1 Å². The summed E-state index contributed by atoms with van der Waals surface area (Å²) in [5.41, 5.74) is 0.0344. The number of aliphatic hydroxyl groups is 1. The fourth-order valence-corrected chi connectivity index (χ4v) is 2.81. The molecule has 2 unspecified atom stereocenters. The molecule has 2 nitrogen and oxygen atoms in total. The maximum atomic E-state index is 14.2. The Labute approximate surface area is 113 Å². The largest absolute Gasteiger partial charge is 0.391 e. The fraction of sp³-hybridized carbons (Fsp3) is 0.600. The van der Waals surface area contributed by atoms with Crippen LogP contribution in [0.4, 0.5) is 8.78 Å². The first-order valence-corrected chi connectivity index (χ1v) is 6.82. The quantitative estimate of drug-likeness (QED) is 0.908. The molecule has 19 heavy (non-hydrogen) atoms. The summed E-state index contributed by atoms with van der Waals surface area (Å²) in [4.78, 5) is 1.61. The number of hydrogen-bond acceptors (Lipinski definition) is 2. The third kappa shape index (κ3) is 3.51. The Kier molecular flexibility index (Phi) is 4.53. The first-order valence-electron chi connectivity index (χ1n) is 6.82. The highest BCUT2D eigenvalue weighted by molar-refractivity contribution is 5.20. The second kappa shape index (κ2) is 5.97. The maximum absolute atomic E-state index is 14.2. The number of alkyl halides is 2. The molecule has 0 amide bonds. The maximum Gasteiger partial charge on any atom is 0.285 e. The lowest BCUT2D eigenvalue weighted by Gasteiger charge is -2.36. The minimum Gasteiger partial charge on any atom is -0.391 e. The van der Waals surface area contributed by atoms with Gasteiger partial charge >= 0.3 is 0 Å². The van der Waals surface area contributed by atoms with E-state index in [0.29, 0.717) is 6.42 Å². The fourth-order valence-electron chi connectivity index (χ4n) is 2.81. The summed E-state index contributed by atoms with van der Waals surface area (Å²) in [5, 5.41) is 9.92. The van der Waals surface area contributed by atoms with E-state index < -0.39 is 12.0 Å². The molecule has 0 heterocycles. The highest BCUT2D eigenvalue weighted by Crippen LogP contribution is 2.31. The van der Waals surface area contributed by atoms with Crippen LogP contribution in [0.15, 0.2) is 30.3 Å². The van der Waals surface area contributed by atoms with E-state index in [2.05, 4.69) is 0 Å². The topological polar surface area (TPSA) is 23.5 Å². The zero-order valence-electron chi connectivity index (χ0n) is 11.2. The van der Waals surface area contributed by atoms with Crippen LogP contribution in [0.25, 0.3) is 0 Å². The molecule has 1 N–H and O–H groups in total. The van der Waals surface area contributed by atoms with Gasteiger partial charge in [-0.3, -0.25) is 4.90 Å². The van der Waals surface area contributed by atoms with Gasteiger partial charge in [0.25, 0.3) is 5.92 Å². The van der Waals surface area contributed by atoms with Crippen LogP contribution in [-0.2, 0) is 5.92 Å². The van der Waals surface area contributed by atoms with Crippen molar-refractivity contribution in [3.8, 4) is 0 Å². The van der Waals surface area contributed by atoms with Gasteiger partial charge < -0.3 is 5.11 Å². The van der Waals surface area contributed by atoms with Gasteiger partial charge in [-0.15, -0.1) is 0 Å². The molecular weight excluding hydrogens is 248 g/mol. The molecule has 4 heteroatoms. The van der Waals surface area contributed by atoms with Crippen molar-refractivity contribution >= 4 is 0 Å². The third-order valence-electron chi connectivity index (χ3n) is 3.90. The van der Waals surface area contributed by atoms with Crippen molar-refractivity contribution in [3.05, 3.63) is 35.9 Å². The second-order valence-electron chi connectivity index (χ2n) is 5.40. The summed E-state index contributed by atoms with van der Waals surface area (Å²) in [7, 11) is 1.68. The van der Waals surface area contributed by atoms with Gasteiger partial charge in [-0.2, -0.15) is 8.78 Å². The Morgan fingerprint density at radius 3 is 2.47 bits per heavy atom. The van der Waals surface area contributed by atoms with Crippen LogP contribution in [-0.4, -0.2) is 35.7 Å². The second-order valence-corrected chi connectivity index (χ2v) is 5.40. The van der Waals surface area contributed by atoms with E-state index in [9.17, 15) is 13.9 Å². The normalized spacial score (nSPS) is 24.7. The summed E-state index contributed by atoms with van der Waals surface area (Å²) in [6.45, 7) is -0.348. The van der Waals surface area contributed by atoms with Crippen molar-refractivity contribution in [3.63, 3.8) is 0 Å². The van der Waals surface area contributed by atoms with Crippen molar-refractivity contribution in [1.82, 2.24) is 4.90 Å². The molecule has 1 aromatic rings. The van der Waals surface area contributed by atoms with Crippen LogP contribution in [0.3, 0.4) is 0 Å². The molecule has 2 rings (SSSR count). The standard InChI is InChI=1S/C15H21F2NO/c1-18(13-9-5-6-10-14(13)19)11-15(16,17)12-7-3-2-4-8-12/h2-4,7-8,13-14,19H,5-6,9-11H2,1H3. The summed E-state index contributed by atoms with van der Waals surface area (Å²) in [6.07, 6.45) is 3.02. The van der Waals surface area contributed by atoms with Gasteiger partial charge in [0, 0.05) is 11.6 Å². The van der Waals surface area contributed by atoms with Crippen LogP contribution in [0.1, 0.15) is 31.2 Å². The summed E-state index contributed by atoms with van der Waals surface area (Å²) in [5.74, 6) is -2.88. The molecule has 1 aromatic carbocycles. The first-order chi connectivity index (χ1) is 9.00. The number of rotatable bonds is 4. The smallest absolute Gasteiger partial charge is 0.285 e. The van der Waals surface area contributed by atoms with Crippen LogP contribution in [0.2, 0.25) is 0 Å². The molecule has 1 aliphatic rings. The van der Waals surface area contributed by atoms with Crippen molar-refractivity contribution in [2.45, 2.75) is 43.8 Å². The molecule has 0 spiro atoms. The highest BCUT2D eigenvalue weighted by atomic mass is 19.3. The Morgan fingerprint density at radius 2 is 1.84 bits per heavy atom. The minimum atomic E-state index is -2.88. The zero-order chi connectivity index (χ0) is 13.9. The average molecular weight is 269 g/mol. The van der Waals surface area contributed by atoms with Gasteiger partial charge in [0.05, 0.1) is 12.6 Å². The van der Waals surface area contributed by atoms with E-state index >= 15 is 0 Å². The Hall–Kier alpha value is -1.00. The SMILES string of the molecule is CN(CC(F)(F)c1ccccc1)C1CCCCC1O. The molecule has 1 saturated carbocycles. The number of halogens is 2. The zero-order valence-corrected chi connectivity index (χ0v) is 11.2. The molecule has 2 atom stereocenters. The van der Waals surface area contributed by atoms with Gasteiger partial charge in [-0.1, -0.05) is 43.2 Å².